The molecular weight excluding hydrogens is 457 g/mol. The van der Waals surface area contributed by atoms with Gasteiger partial charge in [0.15, 0.2) is 0 Å². The topological polar surface area (TPSA) is 29.1 Å². The van der Waals surface area contributed by atoms with Gasteiger partial charge in [-0.1, -0.05) is 47.8 Å². The van der Waals surface area contributed by atoms with Crippen molar-refractivity contribution in [1.29, 1.82) is 0 Å². The van der Waals surface area contributed by atoms with E-state index < -0.39 is 0 Å². The molecule has 0 saturated carbocycles. The van der Waals surface area contributed by atoms with Gasteiger partial charge in [-0.2, -0.15) is 0 Å². The van der Waals surface area contributed by atoms with Gasteiger partial charge in [0.25, 0.3) is 5.91 Å². The first-order valence-corrected chi connectivity index (χ1v) is 8.02. The van der Waals surface area contributed by atoms with Crippen LogP contribution in [0.3, 0.4) is 0 Å². The molecule has 2 nitrogen and oxygen atoms in total. The van der Waals surface area contributed by atoms with Crippen LogP contribution in [0.5, 0.6) is 0 Å². The van der Waals surface area contributed by atoms with Gasteiger partial charge < -0.3 is 5.32 Å². The number of hydrogen-bond donors (Lipinski definition) is 1. The minimum absolute atomic E-state index is 0.133. The Hall–Kier alpha value is -0.720. The van der Waals surface area contributed by atoms with E-state index in [9.17, 15) is 9.18 Å². The van der Waals surface area contributed by atoms with Crippen molar-refractivity contribution >= 4 is 53.7 Å². The standard InChI is InChI=1S/C14H9Br3FNO/c15-10-1-2-13(18)9(5-10)7-19-14(20)8-3-11(16)6-12(17)4-8/h1-6H,7H2,(H,19,20). The molecule has 6 heteroatoms. The summed E-state index contributed by atoms with van der Waals surface area (Å²) in [6.45, 7) is 0.133. The van der Waals surface area contributed by atoms with Gasteiger partial charge in [0.05, 0.1) is 0 Å². The zero-order valence-electron chi connectivity index (χ0n) is 10.1. The molecule has 0 atom stereocenters. The first kappa shape index (κ1) is 15.7. The minimum atomic E-state index is -0.344. The lowest BCUT2D eigenvalue weighted by molar-refractivity contribution is 0.0950. The van der Waals surface area contributed by atoms with Crippen molar-refractivity contribution < 1.29 is 9.18 Å². The van der Waals surface area contributed by atoms with Crippen molar-refractivity contribution in [3.8, 4) is 0 Å². The molecule has 1 amide bonds. The average molecular weight is 466 g/mol. The number of hydrogen-bond acceptors (Lipinski definition) is 1. The van der Waals surface area contributed by atoms with Crippen LogP contribution in [-0.4, -0.2) is 5.91 Å². The second kappa shape index (κ2) is 6.83. The summed E-state index contributed by atoms with van der Waals surface area (Å²) in [6.07, 6.45) is 0. The van der Waals surface area contributed by atoms with Crippen LogP contribution in [0.1, 0.15) is 15.9 Å². The average Bonchev–Trinajstić information content (AvgIpc) is 2.38. The normalized spacial score (nSPS) is 10.4. The number of amides is 1. The zero-order chi connectivity index (χ0) is 14.7. The molecule has 2 rings (SSSR count). The van der Waals surface area contributed by atoms with Crippen molar-refractivity contribution in [3.05, 3.63) is 66.8 Å². The van der Waals surface area contributed by atoms with Crippen LogP contribution in [0.4, 0.5) is 4.39 Å². The third-order valence-corrected chi connectivity index (χ3v) is 3.98. The Labute approximate surface area is 141 Å². The maximum absolute atomic E-state index is 13.6. The SMILES string of the molecule is O=C(NCc1cc(Br)ccc1F)c1cc(Br)cc(Br)c1. The molecule has 0 unspecified atom stereocenters. The number of halogens is 4. The van der Waals surface area contributed by atoms with E-state index in [1.54, 1.807) is 24.3 Å². The highest BCUT2D eigenvalue weighted by Gasteiger charge is 2.09. The fourth-order valence-electron chi connectivity index (χ4n) is 1.64. The highest BCUT2D eigenvalue weighted by Crippen LogP contribution is 2.20. The van der Waals surface area contributed by atoms with Gasteiger partial charge in [-0.05, 0) is 36.4 Å². The highest BCUT2D eigenvalue weighted by atomic mass is 79.9. The Morgan fingerprint density at radius 2 is 1.65 bits per heavy atom. The molecule has 0 aliphatic rings. The molecule has 2 aromatic carbocycles. The van der Waals surface area contributed by atoms with Crippen molar-refractivity contribution in [2.24, 2.45) is 0 Å². The lowest BCUT2D eigenvalue weighted by atomic mass is 10.2. The van der Waals surface area contributed by atoms with Crippen molar-refractivity contribution in [3.63, 3.8) is 0 Å². The molecule has 0 aliphatic carbocycles. The van der Waals surface area contributed by atoms with Crippen molar-refractivity contribution in [2.45, 2.75) is 6.54 Å². The van der Waals surface area contributed by atoms with Crippen LogP contribution in [0, 0.1) is 5.82 Å². The largest absolute Gasteiger partial charge is 0.348 e. The summed E-state index contributed by atoms with van der Waals surface area (Å²) in [6, 6.07) is 9.87. The summed E-state index contributed by atoms with van der Waals surface area (Å²) >= 11 is 9.92. The van der Waals surface area contributed by atoms with E-state index in [4.69, 9.17) is 0 Å². The lowest BCUT2D eigenvalue weighted by Crippen LogP contribution is -2.23. The monoisotopic (exact) mass is 463 g/mol. The molecule has 0 heterocycles. The van der Waals surface area contributed by atoms with Gasteiger partial charge in [0.1, 0.15) is 5.82 Å². The zero-order valence-corrected chi connectivity index (χ0v) is 14.8. The molecule has 0 bridgehead atoms. The van der Waals surface area contributed by atoms with Gasteiger partial charge in [0, 0.05) is 31.1 Å². The maximum atomic E-state index is 13.6. The third-order valence-electron chi connectivity index (χ3n) is 2.57. The number of nitrogens with one attached hydrogen (secondary N) is 1. The number of rotatable bonds is 3. The summed E-state index contributed by atoms with van der Waals surface area (Å²) in [4.78, 5) is 12.0. The van der Waals surface area contributed by atoms with Crippen LogP contribution in [-0.2, 0) is 6.54 Å². The molecule has 104 valence electrons. The molecule has 1 N–H and O–H groups in total. The van der Waals surface area contributed by atoms with E-state index in [1.807, 2.05) is 6.07 Å². The van der Waals surface area contributed by atoms with Crippen LogP contribution in [0.15, 0.2) is 49.8 Å². The van der Waals surface area contributed by atoms with Gasteiger partial charge in [-0.3, -0.25) is 4.79 Å². The summed E-state index contributed by atoms with van der Waals surface area (Å²) in [5, 5.41) is 2.70. The molecular formula is C14H9Br3FNO. The van der Waals surface area contributed by atoms with Crippen LogP contribution < -0.4 is 5.32 Å². The fraction of sp³-hybridized carbons (Fsp3) is 0.0714. The molecule has 0 aromatic heterocycles. The third kappa shape index (κ3) is 4.14. The second-order valence-electron chi connectivity index (χ2n) is 4.08. The Bertz CT molecular complexity index is 641. The fourth-order valence-corrected chi connectivity index (χ4v) is 3.34. The Morgan fingerprint density at radius 1 is 1.00 bits per heavy atom. The highest BCUT2D eigenvalue weighted by molar-refractivity contribution is 9.11. The van der Waals surface area contributed by atoms with Crippen LogP contribution >= 0.6 is 47.8 Å². The van der Waals surface area contributed by atoms with Crippen LogP contribution in [0.2, 0.25) is 0 Å². The van der Waals surface area contributed by atoms with E-state index in [0.29, 0.717) is 11.1 Å². The quantitative estimate of drug-likeness (QED) is 0.675. The number of carbonyl (C=O) groups excluding carboxylic acids is 1. The summed E-state index contributed by atoms with van der Waals surface area (Å²) in [7, 11) is 0. The van der Waals surface area contributed by atoms with E-state index in [2.05, 4.69) is 53.1 Å². The predicted octanol–water partition coefficient (Wildman–Crippen LogP) is 5.04. The summed E-state index contributed by atoms with van der Waals surface area (Å²) in [5.41, 5.74) is 0.934. The molecule has 20 heavy (non-hydrogen) atoms. The van der Waals surface area contributed by atoms with Gasteiger partial charge in [0.2, 0.25) is 0 Å². The lowest BCUT2D eigenvalue weighted by Gasteiger charge is -2.08. The van der Waals surface area contributed by atoms with E-state index >= 15 is 0 Å². The Balaban J connectivity index is 2.10. The number of carbonyl (C=O) groups is 1. The molecule has 0 saturated heterocycles. The van der Waals surface area contributed by atoms with Crippen molar-refractivity contribution in [1.82, 2.24) is 5.32 Å². The first-order valence-electron chi connectivity index (χ1n) is 5.64. The summed E-state index contributed by atoms with van der Waals surface area (Å²) in [5.74, 6) is -0.602. The molecule has 0 spiro atoms. The minimum Gasteiger partial charge on any atom is -0.348 e. The Morgan fingerprint density at radius 3 is 2.30 bits per heavy atom. The second-order valence-corrected chi connectivity index (χ2v) is 6.82. The van der Waals surface area contributed by atoms with Gasteiger partial charge in [-0.25, -0.2) is 4.39 Å². The van der Waals surface area contributed by atoms with Crippen LogP contribution in [0.25, 0.3) is 0 Å². The summed E-state index contributed by atoms with van der Waals surface area (Å²) < 4.78 is 15.9. The molecule has 0 fully saturated rings. The maximum Gasteiger partial charge on any atom is 0.251 e. The van der Waals surface area contributed by atoms with E-state index in [1.165, 1.54) is 6.07 Å². The van der Waals surface area contributed by atoms with Gasteiger partial charge in [-0.15, -0.1) is 0 Å². The predicted molar refractivity (Wildman–Crippen MR) is 87.1 cm³/mol. The molecule has 0 radical (unpaired) electrons. The van der Waals surface area contributed by atoms with E-state index in [0.717, 1.165) is 13.4 Å². The smallest absolute Gasteiger partial charge is 0.251 e. The molecule has 2 aromatic rings. The molecule has 0 aliphatic heterocycles. The van der Waals surface area contributed by atoms with Crippen molar-refractivity contribution in [2.75, 3.05) is 0 Å². The van der Waals surface area contributed by atoms with Gasteiger partial charge >= 0.3 is 0 Å². The van der Waals surface area contributed by atoms with E-state index in [-0.39, 0.29) is 18.3 Å². The first-order chi connectivity index (χ1) is 9.45. The Kier molecular flexibility index (Phi) is 5.35. The number of benzene rings is 2.